The minimum Gasteiger partial charge on any atom is -0.486 e. The fourth-order valence-electron chi connectivity index (χ4n) is 3.06. The molecule has 2 rings (SSSR count). The van der Waals surface area contributed by atoms with Gasteiger partial charge < -0.3 is 19.5 Å². The molecule has 156 valence electrons. The van der Waals surface area contributed by atoms with E-state index in [0.717, 1.165) is 0 Å². The highest BCUT2D eigenvalue weighted by Crippen LogP contribution is 2.32. The molecule has 8 nitrogen and oxygen atoms in total. The fourth-order valence-corrected chi connectivity index (χ4v) is 4.32. The number of fused-ring (bicyclic) bond motifs is 1. The van der Waals surface area contributed by atoms with Crippen LogP contribution in [0.3, 0.4) is 0 Å². The largest absolute Gasteiger partial charge is 0.486 e. The van der Waals surface area contributed by atoms with E-state index in [9.17, 15) is 18.0 Å². The SMILES string of the molecule is CCC(CC)[C@H](NC(=O)CCS(=O)(=O)c1ccc2c(c1)OCCO2)C(=O)OC. The molecule has 0 saturated carbocycles. The van der Waals surface area contributed by atoms with E-state index in [1.165, 1.54) is 19.2 Å². The number of sulfone groups is 1. The standard InChI is InChI=1S/C19H27NO7S/c1-4-13(5-2)18(19(22)25-3)20-17(21)8-11-28(23,24)14-6-7-15-16(12-14)27-10-9-26-15/h6-7,12-13,18H,4-5,8-11H2,1-3H3,(H,20,21)/t18-/m0/s1. The van der Waals surface area contributed by atoms with Crippen molar-refractivity contribution in [3.05, 3.63) is 18.2 Å². The first kappa shape index (κ1) is 22.0. The number of hydrogen-bond acceptors (Lipinski definition) is 7. The first-order valence-electron chi connectivity index (χ1n) is 9.32. The van der Waals surface area contributed by atoms with Crippen LogP contribution in [-0.2, 0) is 24.2 Å². The normalized spacial score (nSPS) is 14.4. The van der Waals surface area contributed by atoms with Gasteiger partial charge in [0.25, 0.3) is 0 Å². The summed E-state index contributed by atoms with van der Waals surface area (Å²) in [4.78, 5) is 24.3. The Morgan fingerprint density at radius 3 is 2.39 bits per heavy atom. The van der Waals surface area contributed by atoms with Gasteiger partial charge in [0, 0.05) is 12.5 Å². The number of amides is 1. The first-order chi connectivity index (χ1) is 13.3. The van der Waals surface area contributed by atoms with Gasteiger partial charge >= 0.3 is 5.97 Å². The number of esters is 1. The third kappa shape index (κ3) is 5.37. The van der Waals surface area contributed by atoms with Gasteiger partial charge in [-0.3, -0.25) is 4.79 Å². The van der Waals surface area contributed by atoms with Gasteiger partial charge in [-0.2, -0.15) is 0 Å². The van der Waals surface area contributed by atoms with E-state index in [2.05, 4.69) is 5.32 Å². The summed E-state index contributed by atoms with van der Waals surface area (Å²) in [6, 6.07) is 3.59. The quantitative estimate of drug-likeness (QED) is 0.614. The molecule has 1 aromatic carbocycles. The number of nitrogens with one attached hydrogen (secondary N) is 1. The van der Waals surface area contributed by atoms with Crippen LogP contribution >= 0.6 is 0 Å². The Balaban J connectivity index is 2.03. The molecule has 1 aliphatic rings. The maximum absolute atomic E-state index is 12.6. The molecular formula is C19H27NO7S. The van der Waals surface area contributed by atoms with Gasteiger partial charge in [0.2, 0.25) is 5.91 Å². The molecule has 1 aromatic rings. The Kier molecular flexibility index (Phi) is 7.68. The van der Waals surface area contributed by atoms with Gasteiger partial charge in [-0.15, -0.1) is 0 Å². The second-order valence-electron chi connectivity index (χ2n) is 6.52. The van der Waals surface area contributed by atoms with Crippen molar-refractivity contribution >= 4 is 21.7 Å². The third-order valence-electron chi connectivity index (χ3n) is 4.76. The zero-order chi connectivity index (χ0) is 20.7. The summed E-state index contributed by atoms with van der Waals surface area (Å²) in [5.41, 5.74) is 0. The molecule has 1 heterocycles. The summed E-state index contributed by atoms with van der Waals surface area (Å²) in [6.07, 6.45) is 1.11. The van der Waals surface area contributed by atoms with E-state index >= 15 is 0 Å². The zero-order valence-corrected chi connectivity index (χ0v) is 17.2. The minimum absolute atomic E-state index is 0.0639. The molecule has 0 saturated heterocycles. The van der Waals surface area contributed by atoms with Crippen LogP contribution in [-0.4, -0.2) is 52.4 Å². The molecule has 0 spiro atoms. The Morgan fingerprint density at radius 2 is 1.79 bits per heavy atom. The fraction of sp³-hybridized carbons (Fsp3) is 0.579. The average molecular weight is 413 g/mol. The minimum atomic E-state index is -3.69. The summed E-state index contributed by atoms with van der Waals surface area (Å²) in [5.74, 6) is -0.633. The lowest BCUT2D eigenvalue weighted by molar-refractivity contribution is -0.146. The highest BCUT2D eigenvalue weighted by Gasteiger charge is 2.29. The number of methoxy groups -OCH3 is 1. The van der Waals surface area contributed by atoms with Crippen molar-refractivity contribution in [2.75, 3.05) is 26.1 Å². The molecule has 0 radical (unpaired) electrons. The van der Waals surface area contributed by atoms with Crippen molar-refractivity contribution < 1.29 is 32.2 Å². The Bertz CT molecular complexity index is 803. The average Bonchev–Trinajstić information content (AvgIpc) is 2.71. The van der Waals surface area contributed by atoms with Crippen LogP contribution in [0.2, 0.25) is 0 Å². The number of hydrogen-bond donors (Lipinski definition) is 1. The van der Waals surface area contributed by atoms with Gasteiger partial charge in [0.1, 0.15) is 19.3 Å². The Hall–Kier alpha value is -2.29. The number of ether oxygens (including phenoxy) is 3. The van der Waals surface area contributed by atoms with Crippen LogP contribution in [0.25, 0.3) is 0 Å². The van der Waals surface area contributed by atoms with E-state index in [-0.39, 0.29) is 23.0 Å². The third-order valence-corrected chi connectivity index (χ3v) is 6.48. The Labute approximate surface area is 165 Å². The number of rotatable bonds is 9. The van der Waals surface area contributed by atoms with Crippen molar-refractivity contribution in [3.8, 4) is 11.5 Å². The summed E-state index contributed by atoms with van der Waals surface area (Å²) in [6.45, 7) is 4.60. The van der Waals surface area contributed by atoms with Gasteiger partial charge in [-0.1, -0.05) is 26.7 Å². The lowest BCUT2D eigenvalue weighted by atomic mass is 9.94. The number of carbonyl (C=O) groups excluding carboxylic acids is 2. The van der Waals surface area contributed by atoms with Gasteiger partial charge in [-0.25, -0.2) is 13.2 Å². The van der Waals surface area contributed by atoms with Crippen LogP contribution in [0.5, 0.6) is 11.5 Å². The summed E-state index contributed by atoms with van der Waals surface area (Å²) < 4.78 is 40.7. The highest BCUT2D eigenvalue weighted by atomic mass is 32.2. The summed E-state index contributed by atoms with van der Waals surface area (Å²) in [5, 5.41) is 2.62. The molecule has 1 atom stereocenters. The highest BCUT2D eigenvalue weighted by molar-refractivity contribution is 7.91. The molecule has 0 unspecified atom stereocenters. The van der Waals surface area contributed by atoms with Crippen molar-refractivity contribution in [3.63, 3.8) is 0 Å². The lowest BCUT2D eigenvalue weighted by Gasteiger charge is -2.24. The van der Waals surface area contributed by atoms with Crippen molar-refractivity contribution in [2.24, 2.45) is 5.92 Å². The van der Waals surface area contributed by atoms with Crippen LogP contribution in [0.1, 0.15) is 33.1 Å². The molecule has 0 fully saturated rings. The predicted octanol–water partition coefficient (Wildman–Crippen LogP) is 1.72. The smallest absolute Gasteiger partial charge is 0.328 e. The topological polar surface area (TPSA) is 108 Å². The van der Waals surface area contributed by atoms with E-state index in [4.69, 9.17) is 14.2 Å². The molecular weight excluding hydrogens is 386 g/mol. The summed E-state index contributed by atoms with van der Waals surface area (Å²) in [7, 11) is -2.43. The molecule has 9 heteroatoms. The predicted molar refractivity (Wildman–Crippen MR) is 102 cm³/mol. The molecule has 1 amide bonds. The second kappa shape index (κ2) is 9.77. The molecule has 0 bridgehead atoms. The van der Waals surface area contributed by atoms with E-state index < -0.39 is 27.8 Å². The lowest BCUT2D eigenvalue weighted by Crippen LogP contribution is -2.46. The van der Waals surface area contributed by atoms with Crippen molar-refractivity contribution in [1.82, 2.24) is 5.32 Å². The van der Waals surface area contributed by atoms with Crippen LogP contribution in [0, 0.1) is 5.92 Å². The monoisotopic (exact) mass is 413 g/mol. The van der Waals surface area contributed by atoms with E-state index in [1.54, 1.807) is 6.07 Å². The van der Waals surface area contributed by atoms with Crippen molar-refractivity contribution in [1.29, 1.82) is 0 Å². The second-order valence-corrected chi connectivity index (χ2v) is 8.63. The van der Waals surface area contributed by atoms with E-state index in [1.807, 2.05) is 13.8 Å². The van der Waals surface area contributed by atoms with Gasteiger partial charge in [0.15, 0.2) is 21.3 Å². The molecule has 1 aliphatic heterocycles. The van der Waals surface area contributed by atoms with Crippen LogP contribution < -0.4 is 14.8 Å². The van der Waals surface area contributed by atoms with Crippen molar-refractivity contribution in [2.45, 2.75) is 44.0 Å². The molecule has 0 aliphatic carbocycles. The van der Waals surface area contributed by atoms with Crippen LogP contribution in [0.4, 0.5) is 0 Å². The van der Waals surface area contributed by atoms with Crippen LogP contribution in [0.15, 0.2) is 23.1 Å². The van der Waals surface area contributed by atoms with E-state index in [0.29, 0.717) is 37.6 Å². The van der Waals surface area contributed by atoms with Gasteiger partial charge in [-0.05, 0) is 18.1 Å². The molecule has 1 N–H and O–H groups in total. The maximum atomic E-state index is 12.6. The zero-order valence-electron chi connectivity index (χ0n) is 16.4. The van der Waals surface area contributed by atoms with Gasteiger partial charge in [0.05, 0.1) is 17.8 Å². The number of carbonyl (C=O) groups is 2. The molecule has 28 heavy (non-hydrogen) atoms. The Morgan fingerprint density at radius 1 is 1.14 bits per heavy atom. The molecule has 0 aromatic heterocycles. The first-order valence-corrected chi connectivity index (χ1v) is 11.0. The maximum Gasteiger partial charge on any atom is 0.328 e. The summed E-state index contributed by atoms with van der Waals surface area (Å²) >= 11 is 0. The number of benzene rings is 1.